The molecule has 0 heterocycles. The van der Waals surface area contributed by atoms with Crippen LogP contribution in [0.15, 0.2) is 47.4 Å². The first-order valence-corrected chi connectivity index (χ1v) is 9.17. The number of hydrogen-bond acceptors (Lipinski definition) is 3. The molecule has 5 nitrogen and oxygen atoms in total. The maximum atomic E-state index is 12.9. The maximum absolute atomic E-state index is 12.9. The van der Waals surface area contributed by atoms with E-state index in [1.54, 1.807) is 25.1 Å². The van der Waals surface area contributed by atoms with Crippen LogP contribution in [-0.2, 0) is 14.8 Å². The minimum absolute atomic E-state index is 0.0323. The third kappa shape index (κ3) is 4.20. The molecule has 0 bridgehead atoms. The topological polar surface area (TPSA) is 74.7 Å². The van der Waals surface area contributed by atoms with Gasteiger partial charge >= 0.3 is 5.97 Å². The monoisotopic (exact) mass is 387 g/mol. The van der Waals surface area contributed by atoms with Gasteiger partial charge in [-0.2, -0.15) is 0 Å². The Bertz CT molecular complexity index is 851. The highest BCUT2D eigenvalue weighted by molar-refractivity contribution is 7.92. The Balaban J connectivity index is 2.50. The van der Waals surface area contributed by atoms with Crippen molar-refractivity contribution in [3.8, 4) is 0 Å². The molecule has 0 radical (unpaired) electrons. The van der Waals surface area contributed by atoms with Crippen molar-refractivity contribution in [1.82, 2.24) is 0 Å². The van der Waals surface area contributed by atoms with E-state index in [0.717, 1.165) is 4.31 Å². The van der Waals surface area contributed by atoms with Crippen molar-refractivity contribution in [3.05, 3.63) is 58.1 Å². The molecule has 0 spiro atoms. The maximum Gasteiger partial charge on any atom is 0.305 e. The Morgan fingerprint density at radius 3 is 2.29 bits per heavy atom. The average Bonchev–Trinajstić information content (AvgIpc) is 2.51. The zero-order chi connectivity index (χ0) is 17.9. The van der Waals surface area contributed by atoms with Crippen molar-refractivity contribution in [2.24, 2.45) is 0 Å². The molecule has 0 unspecified atom stereocenters. The number of anilines is 1. The largest absolute Gasteiger partial charge is 0.481 e. The van der Waals surface area contributed by atoms with Crippen molar-refractivity contribution in [3.63, 3.8) is 0 Å². The van der Waals surface area contributed by atoms with E-state index >= 15 is 0 Å². The third-order valence-electron chi connectivity index (χ3n) is 3.36. The second-order valence-electron chi connectivity index (χ2n) is 5.11. The van der Waals surface area contributed by atoms with Crippen LogP contribution in [0, 0.1) is 6.92 Å². The SMILES string of the molecule is Cc1cc(N(CCC(=O)O)S(=O)(=O)c2ccc(Cl)cc2)ccc1Cl. The van der Waals surface area contributed by atoms with Crippen LogP contribution in [-0.4, -0.2) is 26.0 Å². The number of halogens is 2. The van der Waals surface area contributed by atoms with Gasteiger partial charge in [0.05, 0.1) is 17.0 Å². The zero-order valence-electron chi connectivity index (χ0n) is 12.7. The number of aliphatic carboxylic acids is 1. The molecule has 24 heavy (non-hydrogen) atoms. The Morgan fingerprint density at radius 2 is 1.75 bits per heavy atom. The van der Waals surface area contributed by atoms with Gasteiger partial charge in [-0.05, 0) is 55.0 Å². The lowest BCUT2D eigenvalue weighted by Gasteiger charge is -2.24. The summed E-state index contributed by atoms with van der Waals surface area (Å²) >= 11 is 11.8. The highest BCUT2D eigenvalue weighted by Gasteiger charge is 2.25. The van der Waals surface area contributed by atoms with Crippen molar-refractivity contribution in [2.75, 3.05) is 10.8 Å². The summed E-state index contributed by atoms with van der Waals surface area (Å²) in [6.45, 7) is 1.55. The molecule has 0 amide bonds. The van der Waals surface area contributed by atoms with E-state index < -0.39 is 16.0 Å². The molecule has 0 saturated carbocycles. The van der Waals surface area contributed by atoms with Crippen LogP contribution in [0.25, 0.3) is 0 Å². The molecule has 2 rings (SSSR count). The molecule has 0 saturated heterocycles. The van der Waals surface area contributed by atoms with Crippen LogP contribution in [0.4, 0.5) is 5.69 Å². The van der Waals surface area contributed by atoms with E-state index in [0.29, 0.717) is 21.3 Å². The van der Waals surface area contributed by atoms with Gasteiger partial charge in [0.1, 0.15) is 0 Å². The molecule has 1 N–H and O–H groups in total. The lowest BCUT2D eigenvalue weighted by molar-refractivity contribution is -0.136. The van der Waals surface area contributed by atoms with E-state index in [1.807, 2.05) is 0 Å². The zero-order valence-corrected chi connectivity index (χ0v) is 15.1. The molecule has 2 aromatic rings. The normalized spacial score (nSPS) is 11.3. The van der Waals surface area contributed by atoms with Gasteiger partial charge in [-0.25, -0.2) is 8.42 Å². The first-order valence-electron chi connectivity index (χ1n) is 6.98. The highest BCUT2D eigenvalue weighted by atomic mass is 35.5. The van der Waals surface area contributed by atoms with Crippen LogP contribution in [0.5, 0.6) is 0 Å². The van der Waals surface area contributed by atoms with Gasteiger partial charge < -0.3 is 5.11 Å². The fourth-order valence-electron chi connectivity index (χ4n) is 2.10. The molecular formula is C16H15Cl2NO4S. The second-order valence-corrected chi connectivity index (χ2v) is 7.81. The van der Waals surface area contributed by atoms with Crippen LogP contribution >= 0.6 is 23.2 Å². The fraction of sp³-hybridized carbons (Fsp3) is 0.188. The Morgan fingerprint density at radius 1 is 1.12 bits per heavy atom. The number of benzene rings is 2. The lowest BCUT2D eigenvalue weighted by Crippen LogP contribution is -2.33. The lowest BCUT2D eigenvalue weighted by atomic mass is 10.2. The minimum Gasteiger partial charge on any atom is -0.481 e. The van der Waals surface area contributed by atoms with Gasteiger partial charge in [-0.3, -0.25) is 9.10 Å². The Hall–Kier alpha value is -1.76. The second kappa shape index (κ2) is 7.42. The van der Waals surface area contributed by atoms with Gasteiger partial charge in [-0.15, -0.1) is 0 Å². The highest BCUT2D eigenvalue weighted by Crippen LogP contribution is 2.28. The molecule has 0 aliphatic carbocycles. The summed E-state index contributed by atoms with van der Waals surface area (Å²) in [5, 5.41) is 9.83. The summed E-state index contributed by atoms with van der Waals surface area (Å²) in [5.41, 5.74) is 1.05. The molecule has 0 atom stereocenters. The Kier molecular flexibility index (Phi) is 5.74. The van der Waals surface area contributed by atoms with E-state index in [4.69, 9.17) is 28.3 Å². The number of nitrogens with zero attached hydrogens (tertiary/aromatic N) is 1. The van der Waals surface area contributed by atoms with Gasteiger partial charge in [0.2, 0.25) is 0 Å². The predicted octanol–water partition coefficient (Wildman–Crippen LogP) is 3.97. The molecule has 128 valence electrons. The summed E-state index contributed by atoms with van der Waals surface area (Å²) < 4.78 is 26.9. The van der Waals surface area contributed by atoms with Crippen molar-refractivity contribution < 1.29 is 18.3 Å². The van der Waals surface area contributed by atoms with Crippen molar-refractivity contribution in [1.29, 1.82) is 0 Å². The van der Waals surface area contributed by atoms with Crippen LogP contribution in [0.2, 0.25) is 10.0 Å². The number of rotatable bonds is 6. The summed E-state index contributed by atoms with van der Waals surface area (Å²) in [6, 6.07) is 10.4. The first-order chi connectivity index (χ1) is 11.2. The average molecular weight is 388 g/mol. The third-order valence-corrected chi connectivity index (χ3v) is 5.88. The molecule has 2 aromatic carbocycles. The van der Waals surface area contributed by atoms with Crippen LogP contribution < -0.4 is 4.31 Å². The number of carbonyl (C=O) groups is 1. The number of sulfonamides is 1. The number of aryl methyl sites for hydroxylation is 1. The fourth-order valence-corrected chi connectivity index (χ4v) is 3.80. The van der Waals surface area contributed by atoms with E-state index in [-0.39, 0.29) is 17.9 Å². The molecule has 0 aromatic heterocycles. The Labute approximate surface area is 150 Å². The van der Waals surface area contributed by atoms with Crippen molar-refractivity contribution >= 4 is 44.9 Å². The van der Waals surface area contributed by atoms with Gasteiger partial charge in [0.15, 0.2) is 0 Å². The number of hydrogen-bond donors (Lipinski definition) is 1. The summed E-state index contributed by atoms with van der Waals surface area (Å²) in [4.78, 5) is 10.9. The van der Waals surface area contributed by atoms with Gasteiger partial charge in [-0.1, -0.05) is 23.2 Å². The first kappa shape index (κ1) is 18.6. The summed E-state index contributed by atoms with van der Waals surface area (Å²) in [5.74, 6) is -1.09. The molecular weight excluding hydrogens is 373 g/mol. The van der Waals surface area contributed by atoms with E-state index in [1.165, 1.54) is 24.3 Å². The predicted molar refractivity (Wildman–Crippen MR) is 94.4 cm³/mol. The van der Waals surface area contributed by atoms with Gasteiger partial charge in [0.25, 0.3) is 10.0 Å². The number of carboxylic acids is 1. The minimum atomic E-state index is -3.93. The number of carboxylic acid groups (broad SMARTS) is 1. The summed E-state index contributed by atoms with van der Waals surface area (Å²) in [7, 11) is -3.93. The smallest absolute Gasteiger partial charge is 0.305 e. The standard InChI is InChI=1S/C16H15Cl2NO4S/c1-11-10-13(4-7-15(11)18)19(9-8-16(20)21)24(22,23)14-5-2-12(17)3-6-14/h2-7,10H,8-9H2,1H3,(H,20,21). The van der Waals surface area contributed by atoms with Crippen LogP contribution in [0.3, 0.4) is 0 Å². The molecule has 8 heteroatoms. The molecule has 0 fully saturated rings. The van der Waals surface area contributed by atoms with Crippen molar-refractivity contribution in [2.45, 2.75) is 18.2 Å². The van der Waals surface area contributed by atoms with Gasteiger partial charge in [0, 0.05) is 16.6 Å². The molecule has 0 aliphatic rings. The van der Waals surface area contributed by atoms with E-state index in [9.17, 15) is 13.2 Å². The summed E-state index contributed by atoms with van der Waals surface area (Å²) in [6.07, 6.45) is -0.325. The quantitative estimate of drug-likeness (QED) is 0.813. The molecule has 0 aliphatic heterocycles. The van der Waals surface area contributed by atoms with E-state index in [2.05, 4.69) is 0 Å². The van der Waals surface area contributed by atoms with Crippen LogP contribution in [0.1, 0.15) is 12.0 Å².